The van der Waals surface area contributed by atoms with Gasteiger partial charge in [0.15, 0.2) is 0 Å². The van der Waals surface area contributed by atoms with Gasteiger partial charge in [-0.3, -0.25) is 4.79 Å². The summed E-state index contributed by atoms with van der Waals surface area (Å²) in [5.41, 5.74) is -1.75. The van der Waals surface area contributed by atoms with E-state index in [1.54, 1.807) is 13.8 Å². The van der Waals surface area contributed by atoms with E-state index >= 15 is 0 Å². The highest BCUT2D eigenvalue weighted by atomic mass is 19.4. The van der Waals surface area contributed by atoms with Crippen molar-refractivity contribution >= 4 is 11.9 Å². The van der Waals surface area contributed by atoms with Crippen LogP contribution in [0, 0.1) is 11.7 Å². The van der Waals surface area contributed by atoms with Crippen molar-refractivity contribution in [3.05, 3.63) is 35.1 Å². The average molecular weight is 462 g/mol. The molecule has 0 fully saturated rings. The van der Waals surface area contributed by atoms with Crippen LogP contribution in [-0.2, 0) is 15.7 Å². The zero-order chi connectivity index (χ0) is 24.1. The lowest BCUT2D eigenvalue weighted by molar-refractivity contribution is -0.147. The van der Waals surface area contributed by atoms with Crippen molar-refractivity contribution in [3.8, 4) is 0 Å². The number of hydrogen-bond donors (Lipinski definition) is 1. The summed E-state index contributed by atoms with van der Waals surface area (Å²) in [7, 11) is 0. The smallest absolute Gasteiger partial charge is 0.419 e. The van der Waals surface area contributed by atoms with Gasteiger partial charge in [0.05, 0.1) is 12.2 Å². The largest absolute Gasteiger partial charge is 0.464 e. The van der Waals surface area contributed by atoms with Crippen LogP contribution in [0.5, 0.6) is 0 Å². The van der Waals surface area contributed by atoms with Gasteiger partial charge in [0.1, 0.15) is 11.9 Å². The van der Waals surface area contributed by atoms with E-state index in [9.17, 15) is 27.2 Å². The average Bonchev–Trinajstić information content (AvgIpc) is 2.71. The first kappa shape index (κ1) is 27.9. The summed E-state index contributed by atoms with van der Waals surface area (Å²) < 4.78 is 57.1. The molecule has 4 nitrogen and oxygen atoms in total. The van der Waals surface area contributed by atoms with E-state index in [1.165, 1.54) is 32.1 Å². The summed E-state index contributed by atoms with van der Waals surface area (Å²) >= 11 is 0. The Morgan fingerprint density at radius 2 is 1.53 bits per heavy atom. The molecule has 32 heavy (non-hydrogen) atoms. The maximum absolute atomic E-state index is 13.7. The van der Waals surface area contributed by atoms with E-state index in [4.69, 9.17) is 4.74 Å². The van der Waals surface area contributed by atoms with Crippen molar-refractivity contribution in [1.29, 1.82) is 0 Å². The van der Waals surface area contributed by atoms with Crippen LogP contribution in [0.1, 0.15) is 94.5 Å². The second-order valence-electron chi connectivity index (χ2n) is 8.38. The first-order valence-corrected chi connectivity index (χ1v) is 11.4. The molecule has 0 bridgehead atoms. The summed E-state index contributed by atoms with van der Waals surface area (Å²) in [5.74, 6) is -3.30. The van der Waals surface area contributed by atoms with E-state index in [1.807, 2.05) is 0 Å². The first-order chi connectivity index (χ1) is 15.1. The number of esters is 1. The van der Waals surface area contributed by atoms with Gasteiger partial charge < -0.3 is 10.1 Å². The molecule has 0 saturated heterocycles. The van der Waals surface area contributed by atoms with Gasteiger partial charge in [-0.2, -0.15) is 13.2 Å². The fraction of sp³-hybridized carbons (Fsp3) is 0.667. The molecule has 1 unspecified atom stereocenters. The molecule has 0 radical (unpaired) electrons. The van der Waals surface area contributed by atoms with Crippen LogP contribution in [0.3, 0.4) is 0 Å². The van der Waals surface area contributed by atoms with E-state index in [0.29, 0.717) is 12.1 Å². The minimum Gasteiger partial charge on any atom is -0.464 e. The van der Waals surface area contributed by atoms with Crippen LogP contribution in [0.4, 0.5) is 17.6 Å². The summed E-state index contributed by atoms with van der Waals surface area (Å²) in [6.45, 7) is 5.84. The highest BCUT2D eigenvalue weighted by Gasteiger charge is 2.34. The number of rotatable bonds is 14. The molecule has 0 heterocycles. The van der Waals surface area contributed by atoms with Crippen LogP contribution >= 0.6 is 0 Å². The zero-order valence-electron chi connectivity index (χ0n) is 19.2. The number of halogens is 4. The van der Waals surface area contributed by atoms with Crippen molar-refractivity contribution < 1.29 is 31.9 Å². The predicted molar refractivity (Wildman–Crippen MR) is 116 cm³/mol. The lowest BCUT2D eigenvalue weighted by atomic mass is 10.0. The van der Waals surface area contributed by atoms with E-state index in [2.05, 4.69) is 12.2 Å². The molecule has 1 atom stereocenters. The van der Waals surface area contributed by atoms with E-state index in [-0.39, 0.29) is 18.1 Å². The van der Waals surface area contributed by atoms with Gasteiger partial charge in [0, 0.05) is 5.56 Å². The zero-order valence-corrected chi connectivity index (χ0v) is 19.2. The van der Waals surface area contributed by atoms with Crippen LogP contribution < -0.4 is 5.32 Å². The molecule has 0 aliphatic heterocycles. The van der Waals surface area contributed by atoms with Gasteiger partial charge in [0.25, 0.3) is 5.91 Å². The number of hydrogen-bond acceptors (Lipinski definition) is 3. The van der Waals surface area contributed by atoms with Crippen molar-refractivity contribution in [2.45, 2.75) is 90.8 Å². The molecule has 0 aromatic heterocycles. The lowest BCUT2D eigenvalue weighted by Crippen LogP contribution is -2.45. The quantitative estimate of drug-likeness (QED) is 0.191. The molecule has 182 valence electrons. The van der Waals surface area contributed by atoms with Crippen LogP contribution in [0.25, 0.3) is 0 Å². The molecular formula is C24H35F4NO3. The molecule has 0 aliphatic rings. The van der Waals surface area contributed by atoms with Crippen molar-refractivity contribution in [1.82, 2.24) is 5.32 Å². The monoisotopic (exact) mass is 461 g/mol. The van der Waals surface area contributed by atoms with Crippen LogP contribution in [-0.4, -0.2) is 24.5 Å². The second-order valence-corrected chi connectivity index (χ2v) is 8.38. The Labute approximate surface area is 188 Å². The molecule has 0 saturated carbocycles. The van der Waals surface area contributed by atoms with Gasteiger partial charge in [0.2, 0.25) is 0 Å². The molecular weight excluding hydrogens is 426 g/mol. The highest BCUT2D eigenvalue weighted by Crippen LogP contribution is 2.31. The Morgan fingerprint density at radius 1 is 0.969 bits per heavy atom. The lowest BCUT2D eigenvalue weighted by Gasteiger charge is -2.21. The van der Waals surface area contributed by atoms with Crippen molar-refractivity contribution in [3.63, 3.8) is 0 Å². The molecule has 0 spiro atoms. The van der Waals surface area contributed by atoms with Gasteiger partial charge in [-0.1, -0.05) is 72.1 Å². The van der Waals surface area contributed by atoms with Crippen molar-refractivity contribution in [2.75, 3.05) is 6.61 Å². The molecule has 1 rings (SSSR count). The minimum atomic E-state index is -4.85. The molecule has 0 aliphatic carbocycles. The molecule has 1 aromatic carbocycles. The summed E-state index contributed by atoms with van der Waals surface area (Å²) in [6, 6.07) is 0.929. The number of unbranched alkanes of at least 4 members (excludes halogenated alkanes) is 8. The number of benzene rings is 1. The fourth-order valence-corrected chi connectivity index (χ4v) is 3.28. The maximum atomic E-state index is 13.7. The highest BCUT2D eigenvalue weighted by molar-refractivity contribution is 5.96. The topological polar surface area (TPSA) is 55.4 Å². The predicted octanol–water partition coefficient (Wildman–Crippen LogP) is 6.67. The van der Waals surface area contributed by atoms with Crippen LogP contribution in [0.15, 0.2) is 18.2 Å². The fourth-order valence-electron chi connectivity index (χ4n) is 3.28. The van der Waals surface area contributed by atoms with Gasteiger partial charge >= 0.3 is 12.1 Å². The molecule has 1 N–H and O–H groups in total. The third kappa shape index (κ3) is 10.0. The molecule has 8 heteroatoms. The summed E-state index contributed by atoms with van der Waals surface area (Å²) in [6.07, 6.45) is 5.30. The Balaban J connectivity index is 2.46. The van der Waals surface area contributed by atoms with Crippen molar-refractivity contribution in [2.24, 2.45) is 5.92 Å². The Morgan fingerprint density at radius 3 is 2.03 bits per heavy atom. The summed E-state index contributed by atoms with van der Waals surface area (Å²) in [4.78, 5) is 24.7. The van der Waals surface area contributed by atoms with Gasteiger partial charge in [-0.15, -0.1) is 0 Å². The van der Waals surface area contributed by atoms with Gasteiger partial charge in [-0.05, 0) is 30.5 Å². The number of alkyl halides is 3. The number of amides is 1. The normalized spacial score (nSPS) is 12.6. The minimum absolute atomic E-state index is 0.239. The number of nitrogens with one attached hydrogen (secondary N) is 1. The molecule has 1 aromatic rings. The van der Waals surface area contributed by atoms with Crippen LogP contribution in [0.2, 0.25) is 0 Å². The van der Waals surface area contributed by atoms with E-state index in [0.717, 1.165) is 31.7 Å². The van der Waals surface area contributed by atoms with E-state index < -0.39 is 35.5 Å². The number of ether oxygens (including phenoxy) is 1. The standard InChI is InChI=1S/C24H35F4NO3/c1-4-5-6-7-8-9-10-11-12-15-32-23(31)21(17(2)3)29-22(30)18-13-14-19(20(25)16-18)24(26,27)28/h13-14,16-17,21H,4-12,15H2,1-3H3,(H,29,30). The first-order valence-electron chi connectivity index (χ1n) is 11.4. The third-order valence-electron chi connectivity index (χ3n) is 5.24. The number of carbonyl (C=O) groups excluding carboxylic acids is 2. The number of carbonyl (C=O) groups is 2. The Bertz CT molecular complexity index is 720. The third-order valence-corrected chi connectivity index (χ3v) is 5.24. The SMILES string of the molecule is CCCCCCCCCCCOC(=O)C(NC(=O)c1ccc(C(F)(F)F)c(F)c1)C(C)C. The second kappa shape index (κ2) is 14.1. The Kier molecular flexibility index (Phi) is 12.3. The Hall–Kier alpha value is -2.12. The summed E-state index contributed by atoms with van der Waals surface area (Å²) in [5, 5.41) is 2.44. The molecule has 1 amide bonds. The maximum Gasteiger partial charge on any atom is 0.419 e. The van der Waals surface area contributed by atoms with Gasteiger partial charge in [-0.25, -0.2) is 9.18 Å².